The third-order valence-corrected chi connectivity index (χ3v) is 6.47. The SMILES string of the molecule is CC1CNCCC1n1cc(-c2nc(Nc3ccc(N4CCOCC4=O)cc3)ncc2C(F)(F)F)cn1. The zero-order valence-electron chi connectivity index (χ0n) is 19.6. The number of halogens is 3. The second-order valence-corrected chi connectivity index (χ2v) is 8.97. The van der Waals surface area contributed by atoms with Gasteiger partial charge in [0.15, 0.2) is 0 Å². The number of hydrogen-bond acceptors (Lipinski definition) is 7. The van der Waals surface area contributed by atoms with Gasteiger partial charge in [0.1, 0.15) is 12.2 Å². The molecule has 0 aliphatic carbocycles. The number of alkyl halides is 3. The summed E-state index contributed by atoms with van der Waals surface area (Å²) >= 11 is 0. The second kappa shape index (κ2) is 9.86. The van der Waals surface area contributed by atoms with Crippen LogP contribution >= 0.6 is 0 Å². The molecule has 2 aliphatic rings. The van der Waals surface area contributed by atoms with Crippen molar-refractivity contribution in [3.8, 4) is 11.3 Å². The molecule has 2 aliphatic heterocycles. The van der Waals surface area contributed by atoms with E-state index in [1.165, 1.54) is 6.20 Å². The molecule has 0 spiro atoms. The Morgan fingerprint density at radius 3 is 2.72 bits per heavy atom. The Hall–Kier alpha value is -3.51. The molecule has 0 saturated carbocycles. The first kappa shape index (κ1) is 24.2. The van der Waals surface area contributed by atoms with Crippen molar-refractivity contribution in [3.05, 3.63) is 48.4 Å². The maximum atomic E-state index is 13.8. The van der Waals surface area contributed by atoms with E-state index < -0.39 is 11.7 Å². The van der Waals surface area contributed by atoms with Gasteiger partial charge in [-0.3, -0.25) is 9.48 Å². The van der Waals surface area contributed by atoms with Gasteiger partial charge in [-0.15, -0.1) is 0 Å². The predicted octanol–water partition coefficient (Wildman–Crippen LogP) is 3.64. The Morgan fingerprint density at radius 1 is 1.19 bits per heavy atom. The average Bonchev–Trinajstić information content (AvgIpc) is 3.35. The van der Waals surface area contributed by atoms with Crippen molar-refractivity contribution < 1.29 is 22.7 Å². The number of carbonyl (C=O) groups is 1. The maximum absolute atomic E-state index is 13.8. The number of benzene rings is 1. The molecule has 2 N–H and O–H groups in total. The van der Waals surface area contributed by atoms with Gasteiger partial charge in [-0.1, -0.05) is 6.92 Å². The van der Waals surface area contributed by atoms with Crippen LogP contribution in [0.3, 0.4) is 0 Å². The molecule has 0 bridgehead atoms. The van der Waals surface area contributed by atoms with E-state index in [4.69, 9.17) is 4.74 Å². The first-order chi connectivity index (χ1) is 17.3. The predicted molar refractivity (Wildman–Crippen MR) is 127 cm³/mol. The van der Waals surface area contributed by atoms with Crippen molar-refractivity contribution in [2.45, 2.75) is 25.6 Å². The Labute approximate surface area is 205 Å². The van der Waals surface area contributed by atoms with Gasteiger partial charge in [-0.2, -0.15) is 18.3 Å². The summed E-state index contributed by atoms with van der Waals surface area (Å²) in [6, 6.07) is 7.04. The monoisotopic (exact) mass is 501 g/mol. The molecule has 2 fully saturated rings. The first-order valence-corrected chi connectivity index (χ1v) is 11.7. The average molecular weight is 502 g/mol. The van der Waals surface area contributed by atoms with Gasteiger partial charge >= 0.3 is 6.18 Å². The van der Waals surface area contributed by atoms with Gasteiger partial charge in [0, 0.05) is 35.9 Å². The van der Waals surface area contributed by atoms with Crippen LogP contribution in [0.5, 0.6) is 0 Å². The fraction of sp³-hybridized carbons (Fsp3) is 0.417. The summed E-state index contributed by atoms with van der Waals surface area (Å²) in [5.41, 5.74) is 0.405. The van der Waals surface area contributed by atoms with Crippen LogP contribution in [0.2, 0.25) is 0 Å². The Kier molecular flexibility index (Phi) is 6.63. The standard InChI is InChI=1S/C24H26F3N7O2/c1-15-10-28-7-6-20(15)34-13-16(11-30-34)22-19(24(25,26)27)12-29-23(32-22)31-17-2-4-18(5-3-17)33-8-9-36-14-21(33)35/h2-5,11-13,15,20,28H,6-10,14H2,1H3,(H,29,31,32). The number of piperidine rings is 1. The van der Waals surface area contributed by atoms with Crippen LogP contribution in [0.25, 0.3) is 11.3 Å². The van der Waals surface area contributed by atoms with Crippen LogP contribution in [0.15, 0.2) is 42.9 Å². The number of nitrogens with one attached hydrogen (secondary N) is 2. The highest BCUT2D eigenvalue weighted by Gasteiger charge is 2.36. The van der Waals surface area contributed by atoms with Crippen LogP contribution < -0.4 is 15.5 Å². The molecule has 0 radical (unpaired) electrons. The number of amides is 1. The third kappa shape index (κ3) is 5.05. The van der Waals surface area contributed by atoms with Gasteiger partial charge in [0.2, 0.25) is 5.95 Å². The molecule has 3 aromatic rings. The summed E-state index contributed by atoms with van der Waals surface area (Å²) in [5.74, 6) is 0.195. The minimum Gasteiger partial charge on any atom is -0.370 e. The second-order valence-electron chi connectivity index (χ2n) is 8.97. The zero-order chi connectivity index (χ0) is 25.3. The van der Waals surface area contributed by atoms with E-state index in [0.29, 0.717) is 30.4 Å². The van der Waals surface area contributed by atoms with Crippen LogP contribution in [0, 0.1) is 5.92 Å². The highest BCUT2D eigenvalue weighted by atomic mass is 19.4. The van der Waals surface area contributed by atoms with Crippen molar-refractivity contribution in [2.24, 2.45) is 5.92 Å². The molecule has 12 heteroatoms. The van der Waals surface area contributed by atoms with Crippen molar-refractivity contribution in [1.82, 2.24) is 25.1 Å². The fourth-order valence-electron chi connectivity index (χ4n) is 4.55. The van der Waals surface area contributed by atoms with Crippen LogP contribution in [0.1, 0.15) is 24.9 Å². The first-order valence-electron chi connectivity index (χ1n) is 11.7. The summed E-state index contributed by atoms with van der Waals surface area (Å²) in [5, 5.41) is 10.6. The molecule has 4 heterocycles. The summed E-state index contributed by atoms with van der Waals surface area (Å²) in [7, 11) is 0. The van der Waals surface area contributed by atoms with E-state index in [1.807, 2.05) is 0 Å². The quantitative estimate of drug-likeness (QED) is 0.551. The molecule has 2 atom stereocenters. The molecule has 9 nitrogen and oxygen atoms in total. The molecular formula is C24H26F3N7O2. The van der Waals surface area contributed by atoms with Crippen molar-refractivity contribution >= 4 is 23.2 Å². The number of hydrogen-bond donors (Lipinski definition) is 2. The number of nitrogens with zero attached hydrogens (tertiary/aromatic N) is 5. The normalized spacial score (nSPS) is 21.0. The van der Waals surface area contributed by atoms with E-state index in [1.54, 1.807) is 40.0 Å². The lowest BCUT2D eigenvalue weighted by atomic mass is 9.95. The smallest absolute Gasteiger partial charge is 0.370 e. The van der Waals surface area contributed by atoms with E-state index in [-0.39, 0.29) is 35.8 Å². The molecule has 2 unspecified atom stereocenters. The third-order valence-electron chi connectivity index (χ3n) is 6.47. The van der Waals surface area contributed by atoms with E-state index in [0.717, 1.165) is 25.7 Å². The van der Waals surface area contributed by atoms with Crippen molar-refractivity contribution in [2.75, 3.05) is 43.1 Å². The van der Waals surface area contributed by atoms with Crippen LogP contribution in [-0.4, -0.2) is 58.5 Å². The zero-order valence-corrected chi connectivity index (χ0v) is 19.6. The molecule has 1 amide bonds. The van der Waals surface area contributed by atoms with Gasteiger partial charge < -0.3 is 20.3 Å². The number of rotatable bonds is 5. The molecule has 1 aromatic carbocycles. The highest BCUT2D eigenvalue weighted by molar-refractivity contribution is 5.95. The van der Waals surface area contributed by atoms with Crippen molar-refractivity contribution in [1.29, 1.82) is 0 Å². The minimum absolute atomic E-state index is 0.0242. The number of morpholine rings is 1. The molecule has 2 aromatic heterocycles. The van der Waals surface area contributed by atoms with Gasteiger partial charge in [0.25, 0.3) is 5.91 Å². The largest absolute Gasteiger partial charge is 0.419 e. The van der Waals surface area contributed by atoms with E-state index in [9.17, 15) is 18.0 Å². The van der Waals surface area contributed by atoms with Crippen LogP contribution in [0.4, 0.5) is 30.5 Å². The number of ether oxygens (including phenoxy) is 1. The van der Waals surface area contributed by atoms with Gasteiger partial charge in [-0.25, -0.2) is 9.97 Å². The molecule has 190 valence electrons. The van der Waals surface area contributed by atoms with Gasteiger partial charge in [0.05, 0.1) is 24.5 Å². The number of aromatic nitrogens is 4. The lowest BCUT2D eigenvalue weighted by Crippen LogP contribution is -2.41. The lowest BCUT2D eigenvalue weighted by Gasteiger charge is -2.29. The Bertz CT molecular complexity index is 1230. The summed E-state index contributed by atoms with van der Waals surface area (Å²) in [6.07, 6.45) is 0.0591. The summed E-state index contributed by atoms with van der Waals surface area (Å²) < 4.78 is 48.3. The molecular weight excluding hydrogens is 475 g/mol. The van der Waals surface area contributed by atoms with Crippen molar-refractivity contribution in [3.63, 3.8) is 0 Å². The number of anilines is 3. The molecule has 2 saturated heterocycles. The fourth-order valence-corrected chi connectivity index (χ4v) is 4.55. The summed E-state index contributed by atoms with van der Waals surface area (Å²) in [6.45, 7) is 4.70. The maximum Gasteiger partial charge on any atom is 0.419 e. The van der Waals surface area contributed by atoms with Gasteiger partial charge in [-0.05, 0) is 49.7 Å². The van der Waals surface area contributed by atoms with Crippen LogP contribution in [-0.2, 0) is 15.7 Å². The minimum atomic E-state index is -4.62. The number of carbonyl (C=O) groups excluding carboxylic acids is 1. The highest BCUT2D eigenvalue weighted by Crippen LogP contribution is 2.37. The Morgan fingerprint density at radius 2 is 2.00 bits per heavy atom. The van der Waals surface area contributed by atoms with E-state index >= 15 is 0 Å². The van der Waals surface area contributed by atoms with E-state index in [2.05, 4.69) is 32.6 Å². The topological polar surface area (TPSA) is 97.2 Å². The molecule has 5 rings (SSSR count). The lowest BCUT2D eigenvalue weighted by molar-refractivity contribution is -0.137. The molecule has 36 heavy (non-hydrogen) atoms. The Balaban J connectivity index is 1.40. The summed E-state index contributed by atoms with van der Waals surface area (Å²) in [4.78, 5) is 21.8.